The van der Waals surface area contributed by atoms with Gasteiger partial charge in [0.2, 0.25) is 0 Å². The monoisotopic (exact) mass is 313 g/mol. The molecule has 1 aromatic rings. The van der Waals surface area contributed by atoms with Crippen molar-refractivity contribution in [2.75, 3.05) is 7.11 Å². The summed E-state index contributed by atoms with van der Waals surface area (Å²) in [4.78, 5) is 30.1. The Labute approximate surface area is 129 Å². The highest BCUT2D eigenvalue weighted by Crippen LogP contribution is 2.26. The summed E-state index contributed by atoms with van der Waals surface area (Å²) in [5.74, 6) is -0.293. The van der Waals surface area contributed by atoms with E-state index in [1.807, 2.05) is 27.7 Å². The minimum atomic E-state index is -0.773. The number of carbonyl (C=O) groups is 1. The molecule has 0 saturated heterocycles. The van der Waals surface area contributed by atoms with E-state index in [2.05, 4.69) is 15.3 Å². The van der Waals surface area contributed by atoms with Gasteiger partial charge >= 0.3 is 5.97 Å². The summed E-state index contributed by atoms with van der Waals surface area (Å²) in [5.41, 5.74) is -0.958. The summed E-state index contributed by atoms with van der Waals surface area (Å²) >= 11 is 1.43. The van der Waals surface area contributed by atoms with Crippen molar-refractivity contribution < 1.29 is 9.53 Å². The summed E-state index contributed by atoms with van der Waals surface area (Å²) in [5, 5.41) is 3.88. The lowest BCUT2D eigenvalue weighted by molar-refractivity contribution is -0.148. The maximum absolute atomic E-state index is 12.0. The minimum absolute atomic E-state index is 0.0749. The molecule has 0 radical (unpaired) electrons. The standard InChI is InChI=1S/C14H23N3O3S/c1-9(2)17-14(4,12(19)20-5)8-10(3)21-13-15-7-6-11(18)16-13/h6-7,9-10,17H,8H2,1-5H3,(H,15,16,18). The van der Waals surface area contributed by atoms with Crippen LogP contribution in [0.2, 0.25) is 0 Å². The average Bonchev–Trinajstić information content (AvgIpc) is 2.36. The Morgan fingerprint density at radius 3 is 2.71 bits per heavy atom. The zero-order valence-corrected chi connectivity index (χ0v) is 13.9. The molecule has 21 heavy (non-hydrogen) atoms. The molecule has 0 aliphatic heterocycles. The number of H-pyrrole nitrogens is 1. The maximum atomic E-state index is 12.0. The third-order valence-electron chi connectivity index (χ3n) is 2.90. The Balaban J connectivity index is 2.78. The molecule has 7 heteroatoms. The number of hydrogen-bond donors (Lipinski definition) is 2. The van der Waals surface area contributed by atoms with Crippen LogP contribution >= 0.6 is 11.8 Å². The number of carbonyl (C=O) groups excluding carboxylic acids is 1. The molecule has 2 N–H and O–H groups in total. The van der Waals surface area contributed by atoms with Crippen molar-refractivity contribution in [3.63, 3.8) is 0 Å². The van der Waals surface area contributed by atoms with E-state index in [4.69, 9.17) is 4.74 Å². The molecule has 0 aliphatic rings. The van der Waals surface area contributed by atoms with Crippen LogP contribution in [0.3, 0.4) is 0 Å². The van der Waals surface area contributed by atoms with E-state index in [0.717, 1.165) is 0 Å². The molecule has 118 valence electrons. The number of rotatable bonds is 7. The van der Waals surface area contributed by atoms with Gasteiger partial charge in [0.15, 0.2) is 5.16 Å². The van der Waals surface area contributed by atoms with E-state index in [-0.39, 0.29) is 22.8 Å². The van der Waals surface area contributed by atoms with Crippen LogP contribution < -0.4 is 10.9 Å². The Hall–Kier alpha value is -1.34. The molecule has 1 rings (SSSR count). The topological polar surface area (TPSA) is 84.1 Å². The normalized spacial score (nSPS) is 15.5. The van der Waals surface area contributed by atoms with Gasteiger partial charge in [-0.1, -0.05) is 18.7 Å². The highest BCUT2D eigenvalue weighted by atomic mass is 32.2. The third-order valence-corrected chi connectivity index (χ3v) is 3.90. The van der Waals surface area contributed by atoms with Gasteiger partial charge in [0.05, 0.1) is 7.11 Å². The van der Waals surface area contributed by atoms with Crippen LogP contribution in [-0.2, 0) is 9.53 Å². The molecule has 0 bridgehead atoms. The highest BCUT2D eigenvalue weighted by Gasteiger charge is 2.36. The smallest absolute Gasteiger partial charge is 0.325 e. The first kappa shape index (κ1) is 17.7. The van der Waals surface area contributed by atoms with Crippen LogP contribution in [0.15, 0.2) is 22.2 Å². The second-order valence-corrected chi connectivity index (χ2v) is 6.92. The summed E-state index contributed by atoms with van der Waals surface area (Å²) < 4.78 is 4.90. The van der Waals surface area contributed by atoms with E-state index >= 15 is 0 Å². The predicted molar refractivity (Wildman–Crippen MR) is 83.5 cm³/mol. The van der Waals surface area contributed by atoms with Gasteiger partial charge in [-0.2, -0.15) is 0 Å². The summed E-state index contributed by atoms with van der Waals surface area (Å²) in [6.07, 6.45) is 2.03. The van der Waals surface area contributed by atoms with E-state index < -0.39 is 5.54 Å². The Kier molecular flexibility index (Phi) is 6.42. The molecule has 1 aromatic heterocycles. The van der Waals surface area contributed by atoms with Crippen LogP contribution in [0.1, 0.15) is 34.1 Å². The number of methoxy groups -OCH3 is 1. The lowest BCUT2D eigenvalue weighted by atomic mass is 9.95. The molecule has 1 heterocycles. The van der Waals surface area contributed by atoms with Crippen molar-refractivity contribution in [2.24, 2.45) is 0 Å². The number of nitrogens with zero attached hydrogens (tertiary/aromatic N) is 1. The van der Waals surface area contributed by atoms with E-state index in [1.54, 1.807) is 0 Å². The second-order valence-electron chi connectivity index (χ2n) is 5.49. The zero-order valence-electron chi connectivity index (χ0n) is 13.1. The molecule has 0 amide bonds. The zero-order chi connectivity index (χ0) is 16.0. The molecule has 0 fully saturated rings. The maximum Gasteiger partial charge on any atom is 0.325 e. The number of esters is 1. The molecule has 0 aromatic carbocycles. The van der Waals surface area contributed by atoms with Crippen molar-refractivity contribution in [1.29, 1.82) is 0 Å². The number of thioether (sulfide) groups is 1. The van der Waals surface area contributed by atoms with Crippen molar-refractivity contribution >= 4 is 17.7 Å². The Bertz CT molecular complexity index is 532. The number of hydrogen-bond acceptors (Lipinski definition) is 6. The fraction of sp³-hybridized carbons (Fsp3) is 0.643. The van der Waals surface area contributed by atoms with Crippen LogP contribution in [0.25, 0.3) is 0 Å². The first-order valence-corrected chi connectivity index (χ1v) is 7.73. The minimum Gasteiger partial charge on any atom is -0.468 e. The second kappa shape index (κ2) is 7.61. The van der Waals surface area contributed by atoms with Crippen LogP contribution in [-0.4, -0.2) is 39.9 Å². The SMILES string of the molecule is COC(=O)C(C)(CC(C)Sc1nccc(=O)[nH]1)NC(C)C. The lowest BCUT2D eigenvalue weighted by Gasteiger charge is -2.32. The van der Waals surface area contributed by atoms with Gasteiger partial charge in [0, 0.05) is 23.6 Å². The van der Waals surface area contributed by atoms with Crippen molar-refractivity contribution in [1.82, 2.24) is 15.3 Å². The third kappa shape index (κ3) is 5.51. The van der Waals surface area contributed by atoms with Crippen molar-refractivity contribution in [3.05, 3.63) is 22.6 Å². The molecule has 0 spiro atoms. The molecule has 2 atom stereocenters. The summed E-state index contributed by atoms with van der Waals surface area (Å²) in [7, 11) is 1.39. The molecule has 0 saturated carbocycles. The van der Waals surface area contributed by atoms with Gasteiger partial charge in [-0.05, 0) is 27.2 Å². The number of nitrogens with one attached hydrogen (secondary N) is 2. The average molecular weight is 313 g/mol. The first-order chi connectivity index (χ1) is 9.76. The van der Waals surface area contributed by atoms with Crippen LogP contribution in [0, 0.1) is 0 Å². The van der Waals surface area contributed by atoms with E-state index in [0.29, 0.717) is 11.6 Å². The quantitative estimate of drug-likeness (QED) is 0.451. The Morgan fingerprint density at radius 1 is 1.52 bits per heavy atom. The molecule has 6 nitrogen and oxygen atoms in total. The van der Waals surface area contributed by atoms with E-state index in [9.17, 15) is 9.59 Å². The van der Waals surface area contributed by atoms with Crippen molar-refractivity contribution in [3.8, 4) is 0 Å². The van der Waals surface area contributed by atoms with E-state index in [1.165, 1.54) is 31.1 Å². The summed E-state index contributed by atoms with van der Waals surface area (Å²) in [6, 6.07) is 1.52. The van der Waals surface area contributed by atoms with Crippen LogP contribution in [0.5, 0.6) is 0 Å². The first-order valence-electron chi connectivity index (χ1n) is 6.85. The fourth-order valence-corrected chi connectivity index (χ4v) is 3.36. The van der Waals surface area contributed by atoms with Gasteiger partial charge in [-0.25, -0.2) is 4.98 Å². The number of ether oxygens (including phenoxy) is 1. The van der Waals surface area contributed by atoms with Gasteiger partial charge in [0.25, 0.3) is 5.56 Å². The Morgan fingerprint density at radius 2 is 2.19 bits per heavy atom. The molecular formula is C14H23N3O3S. The molecular weight excluding hydrogens is 290 g/mol. The number of aromatic amines is 1. The van der Waals surface area contributed by atoms with Crippen molar-refractivity contribution in [2.45, 2.75) is 56.1 Å². The highest BCUT2D eigenvalue weighted by molar-refractivity contribution is 7.99. The van der Waals surface area contributed by atoms with Gasteiger partial charge in [-0.3, -0.25) is 14.9 Å². The predicted octanol–water partition coefficient (Wildman–Crippen LogP) is 1.57. The van der Waals surface area contributed by atoms with Gasteiger partial charge in [0.1, 0.15) is 5.54 Å². The van der Waals surface area contributed by atoms with Crippen LogP contribution in [0.4, 0.5) is 0 Å². The van der Waals surface area contributed by atoms with Gasteiger partial charge in [-0.15, -0.1) is 0 Å². The molecule has 0 aliphatic carbocycles. The largest absolute Gasteiger partial charge is 0.468 e. The number of aromatic nitrogens is 2. The molecule has 2 unspecified atom stereocenters. The fourth-order valence-electron chi connectivity index (χ4n) is 2.28. The summed E-state index contributed by atoms with van der Waals surface area (Å²) in [6.45, 7) is 7.78. The van der Waals surface area contributed by atoms with Gasteiger partial charge < -0.3 is 9.72 Å². The lowest BCUT2D eigenvalue weighted by Crippen LogP contribution is -2.54.